The van der Waals surface area contributed by atoms with Gasteiger partial charge in [0.2, 0.25) is 0 Å². The first-order chi connectivity index (χ1) is 13.4. The second-order valence-electron chi connectivity index (χ2n) is 7.74. The number of halogens is 2. The maximum Gasteiger partial charge on any atom is 0.147 e. The van der Waals surface area contributed by atoms with E-state index in [9.17, 15) is 4.39 Å². The summed E-state index contributed by atoms with van der Waals surface area (Å²) in [5, 5.41) is 0.870. The molecule has 1 aliphatic heterocycles. The lowest BCUT2D eigenvalue weighted by atomic mass is 9.92. The second kappa shape index (κ2) is 7.60. The molecule has 0 amide bonds. The Morgan fingerprint density at radius 2 is 1.93 bits per heavy atom. The molecule has 28 heavy (non-hydrogen) atoms. The molecule has 0 aliphatic carbocycles. The van der Waals surface area contributed by atoms with E-state index in [1.807, 2.05) is 12.1 Å². The fourth-order valence-corrected chi connectivity index (χ4v) is 4.16. The number of nitrogens with two attached hydrogens (primary N) is 1. The maximum atomic E-state index is 14.7. The van der Waals surface area contributed by atoms with Crippen LogP contribution in [0.1, 0.15) is 26.0 Å². The molecule has 146 valence electrons. The van der Waals surface area contributed by atoms with Crippen molar-refractivity contribution >= 4 is 28.3 Å². The summed E-state index contributed by atoms with van der Waals surface area (Å²) in [6.45, 7) is 6.47. The maximum absolute atomic E-state index is 14.7. The Kier molecular flexibility index (Phi) is 5.17. The number of rotatable bonds is 3. The smallest absolute Gasteiger partial charge is 0.147 e. The summed E-state index contributed by atoms with van der Waals surface area (Å²) in [7, 11) is 0. The van der Waals surface area contributed by atoms with Gasteiger partial charge in [-0.3, -0.25) is 4.98 Å². The number of piperidine rings is 1. The monoisotopic (exact) mass is 399 g/mol. The van der Waals surface area contributed by atoms with Gasteiger partial charge in [0.1, 0.15) is 22.4 Å². The van der Waals surface area contributed by atoms with E-state index in [0.717, 1.165) is 29.7 Å². The minimum atomic E-state index is -0.480. The van der Waals surface area contributed by atoms with Crippen molar-refractivity contribution in [3.8, 4) is 11.4 Å². The third-order valence-corrected chi connectivity index (χ3v) is 5.53. The van der Waals surface area contributed by atoms with Crippen molar-refractivity contribution in [2.45, 2.75) is 26.8 Å². The molecule has 1 saturated heterocycles. The lowest BCUT2D eigenvalue weighted by molar-refractivity contribution is 0.355. The van der Waals surface area contributed by atoms with E-state index >= 15 is 0 Å². The van der Waals surface area contributed by atoms with Gasteiger partial charge in [0, 0.05) is 37.3 Å². The van der Waals surface area contributed by atoms with Gasteiger partial charge in [-0.05, 0) is 36.5 Å². The Labute approximate surface area is 168 Å². The number of aromatic nitrogens is 3. The van der Waals surface area contributed by atoms with E-state index in [1.165, 1.54) is 12.5 Å². The summed E-state index contributed by atoms with van der Waals surface area (Å²) in [5.74, 6) is 1.20. The third-order valence-electron chi connectivity index (χ3n) is 5.17. The summed E-state index contributed by atoms with van der Waals surface area (Å²) in [6.07, 6.45) is 2.90. The van der Waals surface area contributed by atoms with Crippen LogP contribution in [-0.2, 0) is 6.54 Å². The number of hydrogen-bond acceptors (Lipinski definition) is 5. The number of fused-ring (bicyclic) bond motifs is 1. The first-order valence-electron chi connectivity index (χ1n) is 9.51. The highest BCUT2D eigenvalue weighted by Crippen LogP contribution is 2.33. The van der Waals surface area contributed by atoms with Crippen LogP contribution in [0.25, 0.3) is 22.3 Å². The Morgan fingerprint density at radius 1 is 1.18 bits per heavy atom. The minimum Gasteiger partial charge on any atom is -0.356 e. The van der Waals surface area contributed by atoms with Crippen molar-refractivity contribution in [1.29, 1.82) is 0 Å². The summed E-state index contributed by atoms with van der Waals surface area (Å²) >= 11 is 6.28. The minimum absolute atomic E-state index is 0.0122. The van der Waals surface area contributed by atoms with Crippen molar-refractivity contribution in [3.63, 3.8) is 0 Å². The molecule has 2 atom stereocenters. The van der Waals surface area contributed by atoms with Crippen LogP contribution in [0, 0.1) is 17.7 Å². The van der Waals surface area contributed by atoms with Crippen LogP contribution in [0.3, 0.4) is 0 Å². The van der Waals surface area contributed by atoms with Gasteiger partial charge >= 0.3 is 0 Å². The molecule has 3 aromatic heterocycles. The predicted octanol–water partition coefficient (Wildman–Crippen LogP) is 4.43. The van der Waals surface area contributed by atoms with Gasteiger partial charge in [0.15, 0.2) is 0 Å². The first kappa shape index (κ1) is 19.0. The summed E-state index contributed by atoms with van der Waals surface area (Å²) in [5.41, 5.74) is 8.05. The molecule has 0 spiro atoms. The Bertz CT molecular complexity index is 1020. The molecule has 0 aromatic carbocycles. The standard InChI is InChI=1S/C21H23ClFN5/c1-12-5-13(2)11-28(10-12)19-7-16(23)20(22)21(27-19)17-4-3-14-9-25-15(8-24)6-18(14)26-17/h3-4,6-7,9,12-13H,5,8,10-11,24H2,1-2H3. The number of pyridine rings is 3. The van der Waals surface area contributed by atoms with Gasteiger partial charge in [-0.15, -0.1) is 0 Å². The SMILES string of the molecule is CC1CC(C)CN(c2cc(F)c(Cl)c(-c3ccc4cnc(CN)cc4n3)n2)C1. The number of anilines is 1. The van der Waals surface area contributed by atoms with Gasteiger partial charge in [-0.2, -0.15) is 0 Å². The Balaban J connectivity index is 1.79. The van der Waals surface area contributed by atoms with Crippen molar-refractivity contribution < 1.29 is 4.39 Å². The van der Waals surface area contributed by atoms with Crippen LogP contribution >= 0.6 is 11.6 Å². The van der Waals surface area contributed by atoms with Gasteiger partial charge in [-0.25, -0.2) is 14.4 Å². The van der Waals surface area contributed by atoms with Gasteiger partial charge in [-0.1, -0.05) is 25.4 Å². The lowest BCUT2D eigenvalue weighted by Gasteiger charge is -2.36. The average Bonchev–Trinajstić information content (AvgIpc) is 2.68. The zero-order valence-corrected chi connectivity index (χ0v) is 16.7. The zero-order valence-electron chi connectivity index (χ0n) is 16.0. The normalized spacial score (nSPS) is 20.0. The van der Waals surface area contributed by atoms with E-state index in [4.69, 9.17) is 22.3 Å². The van der Waals surface area contributed by atoms with E-state index in [0.29, 0.717) is 35.6 Å². The van der Waals surface area contributed by atoms with Crippen LogP contribution in [-0.4, -0.2) is 28.0 Å². The van der Waals surface area contributed by atoms with Crippen LogP contribution in [0.4, 0.5) is 10.2 Å². The molecular weight excluding hydrogens is 377 g/mol. The van der Waals surface area contributed by atoms with E-state index < -0.39 is 5.82 Å². The first-order valence-corrected chi connectivity index (χ1v) is 9.89. The lowest BCUT2D eigenvalue weighted by Crippen LogP contribution is -2.39. The molecule has 4 rings (SSSR count). The topological polar surface area (TPSA) is 67.9 Å². The summed E-state index contributed by atoms with van der Waals surface area (Å²) < 4.78 is 14.7. The largest absolute Gasteiger partial charge is 0.356 e. The Hall–Kier alpha value is -2.31. The zero-order chi connectivity index (χ0) is 19.8. The molecular formula is C21H23ClFN5. The third kappa shape index (κ3) is 3.66. The number of hydrogen-bond donors (Lipinski definition) is 1. The fraction of sp³-hybridized carbons (Fsp3) is 0.381. The van der Waals surface area contributed by atoms with E-state index in [2.05, 4.69) is 28.7 Å². The van der Waals surface area contributed by atoms with Gasteiger partial charge < -0.3 is 10.6 Å². The van der Waals surface area contributed by atoms with Crippen molar-refractivity contribution in [2.75, 3.05) is 18.0 Å². The highest BCUT2D eigenvalue weighted by Gasteiger charge is 2.25. The molecule has 4 heterocycles. The number of nitrogens with zero attached hydrogens (tertiary/aromatic N) is 4. The van der Waals surface area contributed by atoms with Crippen LogP contribution in [0.15, 0.2) is 30.5 Å². The molecule has 0 saturated carbocycles. The highest BCUT2D eigenvalue weighted by atomic mass is 35.5. The van der Waals surface area contributed by atoms with E-state index in [-0.39, 0.29) is 5.02 Å². The molecule has 1 aliphatic rings. The predicted molar refractivity (Wildman–Crippen MR) is 111 cm³/mol. The summed E-state index contributed by atoms with van der Waals surface area (Å²) in [4.78, 5) is 15.8. The Morgan fingerprint density at radius 3 is 2.64 bits per heavy atom. The van der Waals surface area contributed by atoms with Crippen LogP contribution in [0.5, 0.6) is 0 Å². The second-order valence-corrected chi connectivity index (χ2v) is 8.12. The molecule has 0 radical (unpaired) electrons. The van der Waals surface area contributed by atoms with Gasteiger partial charge in [0.25, 0.3) is 0 Å². The van der Waals surface area contributed by atoms with Crippen LogP contribution in [0.2, 0.25) is 5.02 Å². The van der Waals surface area contributed by atoms with Crippen molar-refractivity contribution in [3.05, 3.63) is 47.0 Å². The average molecular weight is 400 g/mol. The molecule has 7 heteroatoms. The molecule has 2 unspecified atom stereocenters. The molecule has 3 aromatic rings. The fourth-order valence-electron chi connectivity index (χ4n) is 3.97. The van der Waals surface area contributed by atoms with Crippen molar-refractivity contribution in [2.24, 2.45) is 17.6 Å². The quantitative estimate of drug-likeness (QED) is 0.705. The van der Waals surface area contributed by atoms with E-state index in [1.54, 1.807) is 12.3 Å². The molecule has 0 bridgehead atoms. The van der Waals surface area contributed by atoms with Crippen LogP contribution < -0.4 is 10.6 Å². The molecule has 2 N–H and O–H groups in total. The van der Waals surface area contributed by atoms with Crippen molar-refractivity contribution in [1.82, 2.24) is 15.0 Å². The summed E-state index contributed by atoms with van der Waals surface area (Å²) in [6, 6.07) is 6.94. The highest BCUT2D eigenvalue weighted by molar-refractivity contribution is 6.33. The molecule has 1 fully saturated rings. The van der Waals surface area contributed by atoms with Gasteiger partial charge in [0.05, 0.1) is 16.9 Å². The molecule has 5 nitrogen and oxygen atoms in total.